The van der Waals surface area contributed by atoms with Gasteiger partial charge in [0.25, 0.3) is 0 Å². The van der Waals surface area contributed by atoms with Crippen LogP contribution in [0.4, 0.5) is 10.1 Å². The summed E-state index contributed by atoms with van der Waals surface area (Å²) in [6.45, 7) is 5.61. The van der Waals surface area contributed by atoms with E-state index in [0.29, 0.717) is 31.0 Å². The number of morpholine rings is 1. The lowest BCUT2D eigenvalue weighted by molar-refractivity contribution is 0.0921. The van der Waals surface area contributed by atoms with E-state index < -0.39 is 6.10 Å². The van der Waals surface area contributed by atoms with Crippen LogP contribution >= 0.6 is 0 Å². The zero-order chi connectivity index (χ0) is 13.1. The molecule has 0 bridgehead atoms. The Labute approximate surface area is 107 Å². The molecule has 1 aromatic carbocycles. The Morgan fingerprint density at radius 2 is 2.33 bits per heavy atom. The number of aliphatic hydroxyl groups is 1. The monoisotopic (exact) mass is 253 g/mol. The second kappa shape index (κ2) is 5.67. The molecular formula is C14H20FNO2. The van der Waals surface area contributed by atoms with Gasteiger partial charge in [-0.1, -0.05) is 19.1 Å². The smallest absolute Gasteiger partial charge is 0.146 e. The Balaban J connectivity index is 2.41. The van der Waals surface area contributed by atoms with E-state index in [1.54, 1.807) is 19.1 Å². The van der Waals surface area contributed by atoms with Gasteiger partial charge in [0.1, 0.15) is 5.82 Å². The van der Waals surface area contributed by atoms with Gasteiger partial charge in [0, 0.05) is 12.1 Å². The lowest BCUT2D eigenvalue weighted by Gasteiger charge is -2.38. The van der Waals surface area contributed by atoms with Crippen molar-refractivity contribution < 1.29 is 14.2 Å². The maximum atomic E-state index is 14.1. The average molecular weight is 253 g/mol. The van der Waals surface area contributed by atoms with Crippen LogP contribution < -0.4 is 4.90 Å². The van der Waals surface area contributed by atoms with Gasteiger partial charge in [-0.15, -0.1) is 0 Å². The standard InChI is InChI=1S/C14H20FNO2/c1-3-11-9-18-8-7-16(11)14-12(10(2)17)5-4-6-13(14)15/h4-6,10-11,17H,3,7-9H2,1-2H3/t10-,11?/m0/s1. The third-order valence-electron chi connectivity index (χ3n) is 3.45. The maximum Gasteiger partial charge on any atom is 0.146 e. The molecule has 1 aliphatic rings. The van der Waals surface area contributed by atoms with Crippen LogP contribution in [-0.4, -0.2) is 30.9 Å². The number of aliphatic hydroxyl groups excluding tert-OH is 1. The van der Waals surface area contributed by atoms with Crippen LogP contribution in [0, 0.1) is 5.82 Å². The van der Waals surface area contributed by atoms with Gasteiger partial charge in [0.2, 0.25) is 0 Å². The summed E-state index contributed by atoms with van der Waals surface area (Å²) in [6.07, 6.45) is 0.226. The van der Waals surface area contributed by atoms with Crippen molar-refractivity contribution >= 4 is 5.69 Å². The molecule has 1 aromatic rings. The van der Waals surface area contributed by atoms with Crippen molar-refractivity contribution in [3.05, 3.63) is 29.6 Å². The first kappa shape index (κ1) is 13.3. The molecule has 1 heterocycles. The zero-order valence-corrected chi connectivity index (χ0v) is 10.9. The minimum Gasteiger partial charge on any atom is -0.389 e. The molecule has 18 heavy (non-hydrogen) atoms. The maximum absolute atomic E-state index is 14.1. The van der Waals surface area contributed by atoms with Crippen molar-refractivity contribution in [1.29, 1.82) is 0 Å². The van der Waals surface area contributed by atoms with Crippen molar-refractivity contribution in [2.24, 2.45) is 0 Å². The molecule has 100 valence electrons. The van der Waals surface area contributed by atoms with Gasteiger partial charge in [-0.3, -0.25) is 0 Å². The molecule has 3 nitrogen and oxygen atoms in total. The third-order valence-corrected chi connectivity index (χ3v) is 3.45. The fourth-order valence-electron chi connectivity index (χ4n) is 2.46. The van der Waals surface area contributed by atoms with Crippen LogP contribution in [0.25, 0.3) is 0 Å². The highest BCUT2D eigenvalue weighted by molar-refractivity contribution is 5.56. The van der Waals surface area contributed by atoms with E-state index in [4.69, 9.17) is 4.74 Å². The predicted octanol–water partition coefficient (Wildman–Crippen LogP) is 2.49. The number of para-hydroxylation sites is 1. The molecule has 1 aliphatic heterocycles. The summed E-state index contributed by atoms with van der Waals surface area (Å²) < 4.78 is 19.5. The lowest BCUT2D eigenvalue weighted by Crippen LogP contribution is -2.46. The zero-order valence-electron chi connectivity index (χ0n) is 10.9. The van der Waals surface area contributed by atoms with E-state index in [0.717, 1.165) is 6.42 Å². The summed E-state index contributed by atoms with van der Waals surface area (Å²) in [4.78, 5) is 2.03. The van der Waals surface area contributed by atoms with Gasteiger partial charge < -0.3 is 14.7 Å². The Morgan fingerprint density at radius 1 is 1.56 bits per heavy atom. The largest absolute Gasteiger partial charge is 0.389 e. The Morgan fingerprint density at radius 3 is 3.00 bits per heavy atom. The predicted molar refractivity (Wildman–Crippen MR) is 69.3 cm³/mol. The summed E-state index contributed by atoms with van der Waals surface area (Å²) in [7, 11) is 0. The van der Waals surface area contributed by atoms with E-state index in [9.17, 15) is 9.50 Å². The number of benzene rings is 1. The molecule has 2 atom stereocenters. The van der Waals surface area contributed by atoms with Crippen LogP contribution in [0.1, 0.15) is 31.9 Å². The first-order valence-electron chi connectivity index (χ1n) is 6.46. The number of hydrogen-bond acceptors (Lipinski definition) is 3. The SMILES string of the molecule is CCC1COCCN1c1c(F)cccc1[C@H](C)O. The van der Waals surface area contributed by atoms with Gasteiger partial charge in [0.05, 0.1) is 31.0 Å². The normalized spacial score (nSPS) is 22.0. The van der Waals surface area contributed by atoms with Gasteiger partial charge in [-0.2, -0.15) is 0 Å². The lowest BCUT2D eigenvalue weighted by atomic mass is 10.0. The number of anilines is 1. The summed E-state index contributed by atoms with van der Waals surface area (Å²) in [5.41, 5.74) is 1.18. The van der Waals surface area contributed by atoms with Gasteiger partial charge in [-0.25, -0.2) is 4.39 Å². The minimum absolute atomic E-state index is 0.174. The highest BCUT2D eigenvalue weighted by Gasteiger charge is 2.27. The topological polar surface area (TPSA) is 32.7 Å². The molecule has 0 aromatic heterocycles. The molecule has 1 N–H and O–H groups in total. The van der Waals surface area contributed by atoms with E-state index in [-0.39, 0.29) is 11.9 Å². The molecule has 0 spiro atoms. The molecule has 2 rings (SSSR count). The van der Waals surface area contributed by atoms with Crippen LogP contribution in [0.3, 0.4) is 0 Å². The van der Waals surface area contributed by atoms with Crippen molar-refractivity contribution in [1.82, 2.24) is 0 Å². The third kappa shape index (κ3) is 2.49. The Hall–Kier alpha value is -1.13. The van der Waals surface area contributed by atoms with E-state index in [1.165, 1.54) is 6.07 Å². The average Bonchev–Trinajstić information content (AvgIpc) is 2.38. The second-order valence-electron chi connectivity index (χ2n) is 4.68. The Kier molecular flexibility index (Phi) is 4.19. The molecule has 4 heteroatoms. The quantitative estimate of drug-likeness (QED) is 0.898. The first-order valence-corrected chi connectivity index (χ1v) is 6.46. The summed E-state index contributed by atoms with van der Waals surface area (Å²) >= 11 is 0. The highest BCUT2D eigenvalue weighted by atomic mass is 19.1. The van der Waals surface area contributed by atoms with Gasteiger partial charge >= 0.3 is 0 Å². The molecule has 1 fully saturated rings. The van der Waals surface area contributed by atoms with Crippen molar-refractivity contribution in [3.63, 3.8) is 0 Å². The Bertz CT molecular complexity index is 409. The number of rotatable bonds is 3. The number of hydrogen-bond donors (Lipinski definition) is 1. The molecule has 0 amide bonds. The van der Waals surface area contributed by atoms with E-state index in [1.807, 2.05) is 4.90 Å². The van der Waals surface area contributed by atoms with Gasteiger partial charge in [-0.05, 0) is 19.4 Å². The summed E-state index contributed by atoms with van der Waals surface area (Å²) in [6, 6.07) is 5.05. The van der Waals surface area contributed by atoms with Crippen LogP contribution in [0.5, 0.6) is 0 Å². The highest BCUT2D eigenvalue weighted by Crippen LogP contribution is 2.32. The van der Waals surface area contributed by atoms with Crippen molar-refractivity contribution in [2.45, 2.75) is 32.4 Å². The fourth-order valence-corrected chi connectivity index (χ4v) is 2.46. The molecule has 1 saturated heterocycles. The molecule has 0 saturated carbocycles. The number of halogens is 1. The van der Waals surface area contributed by atoms with Crippen LogP contribution in [0.15, 0.2) is 18.2 Å². The summed E-state index contributed by atoms with van der Waals surface area (Å²) in [5, 5.41) is 9.79. The molecule has 1 unspecified atom stereocenters. The van der Waals surface area contributed by atoms with Crippen molar-refractivity contribution in [2.75, 3.05) is 24.7 Å². The fraction of sp³-hybridized carbons (Fsp3) is 0.571. The molecular weight excluding hydrogens is 233 g/mol. The van der Waals surface area contributed by atoms with E-state index >= 15 is 0 Å². The second-order valence-corrected chi connectivity index (χ2v) is 4.68. The minimum atomic E-state index is -0.670. The summed E-state index contributed by atoms with van der Waals surface area (Å²) in [5.74, 6) is -0.270. The number of nitrogens with zero attached hydrogens (tertiary/aromatic N) is 1. The molecule has 0 aliphatic carbocycles. The van der Waals surface area contributed by atoms with Gasteiger partial charge in [0.15, 0.2) is 0 Å². The number of ether oxygens (including phenoxy) is 1. The van der Waals surface area contributed by atoms with Crippen LogP contribution in [-0.2, 0) is 4.74 Å². The van der Waals surface area contributed by atoms with Crippen LogP contribution in [0.2, 0.25) is 0 Å². The molecule has 0 radical (unpaired) electrons. The first-order chi connectivity index (χ1) is 8.65. The van der Waals surface area contributed by atoms with E-state index in [2.05, 4.69) is 6.92 Å². The van der Waals surface area contributed by atoms with Crippen molar-refractivity contribution in [3.8, 4) is 0 Å².